The predicted molar refractivity (Wildman–Crippen MR) is 112 cm³/mol. The second kappa shape index (κ2) is 7.60. The van der Waals surface area contributed by atoms with Crippen molar-refractivity contribution in [2.24, 2.45) is 4.40 Å². The van der Waals surface area contributed by atoms with Crippen molar-refractivity contribution in [1.82, 2.24) is 4.90 Å². The van der Waals surface area contributed by atoms with Gasteiger partial charge >= 0.3 is 0 Å². The Balaban J connectivity index is 1.72. The maximum atomic E-state index is 12.9. The van der Waals surface area contributed by atoms with Crippen LogP contribution in [0, 0.1) is 6.92 Å². The van der Waals surface area contributed by atoms with E-state index in [0.717, 1.165) is 16.7 Å². The van der Waals surface area contributed by atoms with Crippen molar-refractivity contribution < 1.29 is 8.42 Å². The van der Waals surface area contributed by atoms with Gasteiger partial charge in [0.2, 0.25) is 0 Å². The first-order valence-electron chi connectivity index (χ1n) is 9.27. The highest BCUT2D eigenvalue weighted by Crippen LogP contribution is 2.24. The van der Waals surface area contributed by atoms with E-state index in [0.29, 0.717) is 25.3 Å². The van der Waals surface area contributed by atoms with Crippen LogP contribution in [0.5, 0.6) is 0 Å². The molecule has 28 heavy (non-hydrogen) atoms. The average Bonchev–Trinajstić information content (AvgIpc) is 2.69. The largest absolute Gasteiger partial charge is 0.350 e. The molecule has 4 nitrogen and oxygen atoms in total. The fraction of sp³-hybridized carbons (Fsp3) is 0.174. The van der Waals surface area contributed by atoms with E-state index in [1.54, 1.807) is 24.3 Å². The first kappa shape index (κ1) is 18.4. The molecule has 4 rings (SSSR count). The molecule has 0 atom stereocenters. The minimum Gasteiger partial charge on any atom is -0.350 e. The van der Waals surface area contributed by atoms with Crippen molar-refractivity contribution in [3.05, 3.63) is 101 Å². The van der Waals surface area contributed by atoms with Gasteiger partial charge in [0.15, 0.2) is 0 Å². The summed E-state index contributed by atoms with van der Waals surface area (Å²) in [7, 11) is -3.76. The van der Waals surface area contributed by atoms with Crippen LogP contribution in [0.1, 0.15) is 22.3 Å². The number of sulfonamides is 1. The lowest BCUT2D eigenvalue weighted by Crippen LogP contribution is -2.36. The highest BCUT2D eigenvalue weighted by molar-refractivity contribution is 7.90. The summed E-state index contributed by atoms with van der Waals surface area (Å²) in [5, 5.41) is 0. The lowest BCUT2D eigenvalue weighted by molar-refractivity contribution is 0.389. The molecule has 0 saturated carbocycles. The Morgan fingerprint density at radius 1 is 0.857 bits per heavy atom. The molecule has 0 amide bonds. The lowest BCUT2D eigenvalue weighted by atomic mass is 9.98. The summed E-state index contributed by atoms with van der Waals surface area (Å²) < 4.78 is 30.1. The van der Waals surface area contributed by atoms with E-state index in [1.165, 1.54) is 5.56 Å². The first-order valence-corrected chi connectivity index (χ1v) is 10.7. The highest BCUT2D eigenvalue weighted by Gasteiger charge is 2.24. The number of nitrogens with zero attached hydrogens (tertiary/aromatic N) is 2. The summed E-state index contributed by atoms with van der Waals surface area (Å²) in [6.07, 6.45) is 0.508. The van der Waals surface area contributed by atoms with Crippen LogP contribution < -0.4 is 0 Å². The molecule has 0 spiro atoms. The average molecular weight is 391 g/mol. The lowest BCUT2D eigenvalue weighted by Gasteiger charge is -2.32. The third-order valence-electron chi connectivity index (χ3n) is 4.95. The third kappa shape index (κ3) is 3.99. The van der Waals surface area contributed by atoms with E-state index in [-0.39, 0.29) is 4.90 Å². The Hall–Kier alpha value is -2.92. The number of hydrogen-bond donors (Lipinski definition) is 0. The van der Waals surface area contributed by atoms with Gasteiger partial charge < -0.3 is 4.90 Å². The maximum absolute atomic E-state index is 12.9. The molecule has 0 N–H and O–H groups in total. The molecule has 0 radical (unpaired) electrons. The Kier molecular flexibility index (Phi) is 5.01. The zero-order chi connectivity index (χ0) is 19.6. The molecule has 3 aromatic carbocycles. The zero-order valence-electron chi connectivity index (χ0n) is 15.7. The number of hydrogen-bond acceptors (Lipinski definition) is 2. The van der Waals surface area contributed by atoms with Crippen molar-refractivity contribution in [1.29, 1.82) is 0 Å². The summed E-state index contributed by atoms with van der Waals surface area (Å²) in [5.41, 5.74) is 4.49. The van der Waals surface area contributed by atoms with Crippen molar-refractivity contribution in [2.75, 3.05) is 0 Å². The van der Waals surface area contributed by atoms with Crippen LogP contribution in [0.4, 0.5) is 0 Å². The molecule has 1 aliphatic rings. The van der Waals surface area contributed by atoms with Gasteiger partial charge in [-0.1, -0.05) is 72.3 Å². The van der Waals surface area contributed by atoms with Crippen LogP contribution in [0.15, 0.2) is 88.2 Å². The van der Waals surface area contributed by atoms with Crippen LogP contribution >= 0.6 is 0 Å². The number of amidine groups is 1. The number of aryl methyl sites for hydroxylation is 1. The van der Waals surface area contributed by atoms with Crippen LogP contribution in [-0.4, -0.2) is 19.2 Å². The number of rotatable bonds is 4. The zero-order valence-corrected chi connectivity index (χ0v) is 16.6. The predicted octanol–water partition coefficient (Wildman–Crippen LogP) is 4.34. The van der Waals surface area contributed by atoms with Crippen LogP contribution in [0.2, 0.25) is 0 Å². The fourth-order valence-corrected chi connectivity index (χ4v) is 4.45. The molecular formula is C23H22N2O2S. The Morgan fingerprint density at radius 2 is 1.50 bits per heavy atom. The Labute approximate surface area is 166 Å². The first-order chi connectivity index (χ1) is 13.5. The molecule has 1 heterocycles. The molecule has 0 fully saturated rings. The van der Waals surface area contributed by atoms with Gasteiger partial charge in [0.1, 0.15) is 5.84 Å². The maximum Gasteiger partial charge on any atom is 0.283 e. The molecule has 142 valence electrons. The van der Waals surface area contributed by atoms with Crippen molar-refractivity contribution in [3.63, 3.8) is 0 Å². The topological polar surface area (TPSA) is 49.7 Å². The van der Waals surface area contributed by atoms with Gasteiger partial charge in [-0.05, 0) is 35.7 Å². The highest BCUT2D eigenvalue weighted by atomic mass is 32.2. The van der Waals surface area contributed by atoms with E-state index in [4.69, 9.17) is 0 Å². The molecule has 0 aromatic heterocycles. The quantitative estimate of drug-likeness (QED) is 0.666. The van der Waals surface area contributed by atoms with Crippen LogP contribution in [0.25, 0.3) is 0 Å². The summed E-state index contributed by atoms with van der Waals surface area (Å²) >= 11 is 0. The fourth-order valence-electron chi connectivity index (χ4n) is 3.41. The van der Waals surface area contributed by atoms with Crippen molar-refractivity contribution in [3.8, 4) is 0 Å². The molecule has 0 saturated heterocycles. The van der Waals surface area contributed by atoms with Gasteiger partial charge in [0.25, 0.3) is 10.0 Å². The molecule has 1 aliphatic heterocycles. The standard InChI is InChI=1S/C23H22N2O2S/c1-18-11-13-22(14-12-18)28(26,27)24-23-15-20-9-5-6-10-21(20)17-25(23)16-19-7-3-2-4-8-19/h2-14H,15-17H2,1H3. The molecule has 0 aliphatic carbocycles. The van der Waals surface area contributed by atoms with Crippen LogP contribution in [-0.2, 0) is 29.5 Å². The number of benzene rings is 3. The Bertz CT molecular complexity index is 1100. The third-order valence-corrected chi connectivity index (χ3v) is 6.27. The summed E-state index contributed by atoms with van der Waals surface area (Å²) in [4.78, 5) is 2.28. The van der Waals surface area contributed by atoms with E-state index < -0.39 is 10.0 Å². The van der Waals surface area contributed by atoms with E-state index in [1.807, 2.05) is 55.5 Å². The summed E-state index contributed by atoms with van der Waals surface area (Å²) in [6.45, 7) is 3.20. The van der Waals surface area contributed by atoms with Crippen molar-refractivity contribution in [2.45, 2.75) is 31.3 Å². The SMILES string of the molecule is Cc1ccc(S(=O)(=O)N=C2Cc3ccccc3CN2Cc2ccccc2)cc1. The van der Waals surface area contributed by atoms with Gasteiger partial charge in [0, 0.05) is 19.5 Å². The normalized spacial score (nSPS) is 15.5. The molecule has 0 unspecified atom stereocenters. The van der Waals surface area contributed by atoms with E-state index in [9.17, 15) is 8.42 Å². The van der Waals surface area contributed by atoms with Gasteiger partial charge in [0.05, 0.1) is 4.90 Å². The van der Waals surface area contributed by atoms with E-state index >= 15 is 0 Å². The smallest absolute Gasteiger partial charge is 0.283 e. The van der Waals surface area contributed by atoms with Crippen LogP contribution in [0.3, 0.4) is 0 Å². The summed E-state index contributed by atoms with van der Waals surface area (Å²) in [5.74, 6) is 0.586. The molecule has 5 heteroatoms. The molecule has 0 bridgehead atoms. The molecular weight excluding hydrogens is 368 g/mol. The van der Waals surface area contributed by atoms with Crippen molar-refractivity contribution >= 4 is 15.9 Å². The molecule has 3 aromatic rings. The number of fused-ring (bicyclic) bond motifs is 1. The second-order valence-electron chi connectivity index (χ2n) is 7.08. The van der Waals surface area contributed by atoms with Gasteiger partial charge in [-0.15, -0.1) is 4.40 Å². The minimum absolute atomic E-state index is 0.226. The van der Waals surface area contributed by atoms with Gasteiger partial charge in [-0.2, -0.15) is 8.42 Å². The second-order valence-corrected chi connectivity index (χ2v) is 8.69. The monoisotopic (exact) mass is 390 g/mol. The minimum atomic E-state index is -3.76. The van der Waals surface area contributed by atoms with Gasteiger partial charge in [-0.25, -0.2) is 0 Å². The van der Waals surface area contributed by atoms with E-state index in [2.05, 4.69) is 15.4 Å². The Morgan fingerprint density at radius 3 is 2.21 bits per heavy atom. The summed E-state index contributed by atoms with van der Waals surface area (Å²) in [6, 6.07) is 25.0. The van der Waals surface area contributed by atoms with Gasteiger partial charge in [-0.3, -0.25) is 0 Å².